The van der Waals surface area contributed by atoms with Gasteiger partial charge in [-0.2, -0.15) is 0 Å². The number of nitrogens with zero attached hydrogens (tertiary/aromatic N) is 2. The first-order chi connectivity index (χ1) is 9.74. The molecule has 4 heteroatoms. The molecule has 1 aromatic carbocycles. The number of nitrogens with two attached hydrogens (primary N) is 1. The van der Waals surface area contributed by atoms with Crippen molar-refractivity contribution in [1.82, 2.24) is 4.98 Å². The SMILES string of the molecule is Cc1ccccc1N(CCCN)C(=O)c1ccncc1. The number of hydrogen-bond acceptors (Lipinski definition) is 3. The van der Waals surface area contributed by atoms with Gasteiger partial charge in [0, 0.05) is 30.2 Å². The lowest BCUT2D eigenvalue weighted by atomic mass is 10.1. The van der Waals surface area contributed by atoms with Crippen molar-refractivity contribution in [2.45, 2.75) is 13.3 Å². The van der Waals surface area contributed by atoms with Crippen LogP contribution in [0.1, 0.15) is 22.3 Å². The molecule has 0 fully saturated rings. The summed E-state index contributed by atoms with van der Waals surface area (Å²) in [5.74, 6) is -0.0184. The van der Waals surface area contributed by atoms with Gasteiger partial charge in [-0.05, 0) is 43.7 Å². The van der Waals surface area contributed by atoms with Crippen LogP contribution in [0.5, 0.6) is 0 Å². The second-order valence-electron chi connectivity index (χ2n) is 4.62. The average Bonchev–Trinajstić information content (AvgIpc) is 2.50. The van der Waals surface area contributed by atoms with Gasteiger partial charge in [0.25, 0.3) is 5.91 Å². The van der Waals surface area contributed by atoms with E-state index in [4.69, 9.17) is 5.73 Å². The summed E-state index contributed by atoms with van der Waals surface area (Å²) >= 11 is 0. The van der Waals surface area contributed by atoms with E-state index in [0.717, 1.165) is 17.7 Å². The summed E-state index contributed by atoms with van der Waals surface area (Å²) in [6, 6.07) is 11.3. The Bertz CT molecular complexity index is 569. The summed E-state index contributed by atoms with van der Waals surface area (Å²) < 4.78 is 0. The number of anilines is 1. The summed E-state index contributed by atoms with van der Waals surface area (Å²) in [6.07, 6.45) is 4.03. The highest BCUT2D eigenvalue weighted by Crippen LogP contribution is 2.21. The summed E-state index contributed by atoms with van der Waals surface area (Å²) in [6.45, 7) is 3.18. The van der Waals surface area contributed by atoms with Gasteiger partial charge >= 0.3 is 0 Å². The molecule has 0 saturated carbocycles. The van der Waals surface area contributed by atoms with Crippen molar-refractivity contribution in [3.8, 4) is 0 Å². The van der Waals surface area contributed by atoms with Crippen LogP contribution < -0.4 is 10.6 Å². The van der Waals surface area contributed by atoms with Gasteiger partial charge in [0.15, 0.2) is 0 Å². The minimum absolute atomic E-state index is 0.0184. The lowest BCUT2D eigenvalue weighted by Gasteiger charge is -2.24. The first-order valence-electron chi connectivity index (χ1n) is 6.71. The van der Waals surface area contributed by atoms with Crippen LogP contribution in [0, 0.1) is 6.92 Å². The molecule has 0 aliphatic carbocycles. The second kappa shape index (κ2) is 6.82. The van der Waals surface area contributed by atoms with E-state index in [1.165, 1.54) is 0 Å². The molecular weight excluding hydrogens is 250 g/mol. The lowest BCUT2D eigenvalue weighted by molar-refractivity contribution is 0.0986. The maximum atomic E-state index is 12.7. The highest BCUT2D eigenvalue weighted by atomic mass is 16.2. The maximum Gasteiger partial charge on any atom is 0.258 e. The Morgan fingerprint density at radius 1 is 1.20 bits per heavy atom. The molecule has 1 amide bonds. The molecule has 0 saturated heterocycles. The fourth-order valence-corrected chi connectivity index (χ4v) is 2.10. The minimum atomic E-state index is -0.0184. The Kier molecular flexibility index (Phi) is 4.85. The Morgan fingerprint density at radius 2 is 1.90 bits per heavy atom. The van der Waals surface area contributed by atoms with Crippen molar-refractivity contribution in [3.05, 3.63) is 59.9 Å². The third-order valence-corrected chi connectivity index (χ3v) is 3.16. The summed E-state index contributed by atoms with van der Waals surface area (Å²) in [5, 5.41) is 0. The molecular formula is C16H19N3O. The largest absolute Gasteiger partial charge is 0.330 e. The normalized spacial score (nSPS) is 10.3. The van der Waals surface area contributed by atoms with Gasteiger partial charge < -0.3 is 10.6 Å². The topological polar surface area (TPSA) is 59.2 Å². The van der Waals surface area contributed by atoms with E-state index < -0.39 is 0 Å². The number of carbonyl (C=O) groups is 1. The number of aromatic nitrogens is 1. The van der Waals surface area contributed by atoms with Crippen LogP contribution in [0.15, 0.2) is 48.8 Å². The van der Waals surface area contributed by atoms with Gasteiger partial charge in [-0.25, -0.2) is 0 Å². The molecule has 104 valence electrons. The van der Waals surface area contributed by atoms with E-state index in [-0.39, 0.29) is 5.91 Å². The molecule has 1 heterocycles. The first-order valence-corrected chi connectivity index (χ1v) is 6.71. The molecule has 2 N–H and O–H groups in total. The Balaban J connectivity index is 2.33. The second-order valence-corrected chi connectivity index (χ2v) is 4.62. The van der Waals surface area contributed by atoms with Crippen LogP contribution in [0.2, 0.25) is 0 Å². The van der Waals surface area contributed by atoms with E-state index in [1.54, 1.807) is 29.4 Å². The average molecular weight is 269 g/mol. The predicted molar refractivity (Wildman–Crippen MR) is 80.8 cm³/mol. The number of amides is 1. The zero-order valence-electron chi connectivity index (χ0n) is 11.6. The number of aryl methyl sites for hydroxylation is 1. The molecule has 20 heavy (non-hydrogen) atoms. The van der Waals surface area contributed by atoms with E-state index >= 15 is 0 Å². The monoisotopic (exact) mass is 269 g/mol. The highest BCUT2D eigenvalue weighted by Gasteiger charge is 2.18. The number of rotatable bonds is 5. The third-order valence-electron chi connectivity index (χ3n) is 3.16. The van der Waals surface area contributed by atoms with Gasteiger partial charge in [0.05, 0.1) is 0 Å². The van der Waals surface area contributed by atoms with Gasteiger partial charge in [0.1, 0.15) is 0 Å². The van der Waals surface area contributed by atoms with Crippen molar-refractivity contribution in [2.24, 2.45) is 5.73 Å². The fraction of sp³-hybridized carbons (Fsp3) is 0.250. The third kappa shape index (κ3) is 3.22. The molecule has 2 aromatic rings. The van der Waals surface area contributed by atoms with Gasteiger partial charge in [0.2, 0.25) is 0 Å². The van der Waals surface area contributed by atoms with E-state index in [2.05, 4.69) is 4.98 Å². The van der Waals surface area contributed by atoms with Crippen LogP contribution in [-0.2, 0) is 0 Å². The van der Waals surface area contributed by atoms with Crippen LogP contribution in [0.3, 0.4) is 0 Å². The molecule has 0 aliphatic rings. The van der Waals surface area contributed by atoms with Crippen molar-refractivity contribution >= 4 is 11.6 Å². The lowest BCUT2D eigenvalue weighted by Crippen LogP contribution is -2.33. The van der Waals surface area contributed by atoms with Crippen molar-refractivity contribution in [2.75, 3.05) is 18.0 Å². The first kappa shape index (κ1) is 14.2. The van der Waals surface area contributed by atoms with Crippen LogP contribution >= 0.6 is 0 Å². The molecule has 0 atom stereocenters. The number of hydrogen-bond donors (Lipinski definition) is 1. The number of para-hydroxylation sites is 1. The highest BCUT2D eigenvalue weighted by molar-refractivity contribution is 6.06. The molecule has 1 aromatic heterocycles. The van der Waals surface area contributed by atoms with E-state index in [9.17, 15) is 4.79 Å². The van der Waals surface area contributed by atoms with Gasteiger partial charge in [-0.15, -0.1) is 0 Å². The molecule has 0 radical (unpaired) electrons. The molecule has 2 rings (SSSR count). The van der Waals surface area contributed by atoms with Crippen molar-refractivity contribution in [3.63, 3.8) is 0 Å². The molecule has 4 nitrogen and oxygen atoms in total. The van der Waals surface area contributed by atoms with Crippen LogP contribution in [0.25, 0.3) is 0 Å². The molecule has 0 unspecified atom stereocenters. The summed E-state index contributed by atoms with van der Waals surface area (Å²) in [7, 11) is 0. The maximum absolute atomic E-state index is 12.7. The Morgan fingerprint density at radius 3 is 2.55 bits per heavy atom. The molecule has 0 bridgehead atoms. The summed E-state index contributed by atoms with van der Waals surface area (Å²) in [4.78, 5) is 18.4. The Labute approximate surface area is 119 Å². The quantitative estimate of drug-likeness (QED) is 0.906. The van der Waals surface area contributed by atoms with Gasteiger partial charge in [-0.1, -0.05) is 18.2 Å². The van der Waals surface area contributed by atoms with Crippen LogP contribution in [0.4, 0.5) is 5.69 Å². The fourth-order valence-electron chi connectivity index (χ4n) is 2.10. The van der Waals surface area contributed by atoms with Crippen LogP contribution in [-0.4, -0.2) is 24.0 Å². The van der Waals surface area contributed by atoms with Gasteiger partial charge in [-0.3, -0.25) is 9.78 Å². The smallest absolute Gasteiger partial charge is 0.258 e. The Hall–Kier alpha value is -2.20. The summed E-state index contributed by atoms with van der Waals surface area (Å²) in [5.41, 5.74) is 8.23. The zero-order chi connectivity index (χ0) is 14.4. The van der Waals surface area contributed by atoms with E-state index in [0.29, 0.717) is 18.7 Å². The standard InChI is InChI=1S/C16H19N3O/c1-13-5-2-3-6-15(13)19(12-4-9-17)16(20)14-7-10-18-11-8-14/h2-3,5-8,10-11H,4,9,12,17H2,1H3. The number of carbonyl (C=O) groups excluding carboxylic acids is 1. The number of pyridine rings is 1. The van der Waals surface area contributed by atoms with Crippen molar-refractivity contribution < 1.29 is 4.79 Å². The van der Waals surface area contributed by atoms with Crippen molar-refractivity contribution in [1.29, 1.82) is 0 Å². The molecule has 0 aliphatic heterocycles. The van der Waals surface area contributed by atoms with E-state index in [1.807, 2.05) is 31.2 Å². The molecule has 0 spiro atoms. The number of benzene rings is 1. The zero-order valence-corrected chi connectivity index (χ0v) is 11.6. The predicted octanol–water partition coefficient (Wildman–Crippen LogP) is 2.39. The minimum Gasteiger partial charge on any atom is -0.330 e.